The van der Waals surface area contributed by atoms with Crippen molar-refractivity contribution < 1.29 is 56.6 Å². The Bertz CT molecular complexity index is 3250. The third-order valence-corrected chi connectivity index (χ3v) is 13.4. The minimum atomic E-state index is -1.25. The lowest BCUT2D eigenvalue weighted by Gasteiger charge is -2.21. The number of aliphatic imine (C=N–C) groups is 4. The van der Waals surface area contributed by atoms with Crippen LogP contribution >= 0.6 is 0 Å². The molecule has 4 aromatic rings. The lowest BCUT2D eigenvalue weighted by molar-refractivity contribution is -0.121. The van der Waals surface area contributed by atoms with E-state index < -0.39 is 87.9 Å². The number of Topliss-reactive ketones (excluding diaryl/α,β-unsaturated/α-hetero) is 4. The van der Waals surface area contributed by atoms with Crippen molar-refractivity contribution in [2.45, 2.75) is 101 Å². The summed E-state index contributed by atoms with van der Waals surface area (Å²) in [6.07, 6.45) is 0.102. The number of benzene rings is 4. The Labute approximate surface area is 500 Å². The van der Waals surface area contributed by atoms with Crippen LogP contribution in [0.25, 0.3) is 0 Å². The largest absolute Gasteiger partial charge is 0.496 e. The van der Waals surface area contributed by atoms with Gasteiger partial charge in [0.2, 0.25) is 0 Å². The highest BCUT2D eigenvalue weighted by Gasteiger charge is 2.29. The Kier molecular flexibility index (Phi) is 27.7. The van der Waals surface area contributed by atoms with E-state index in [1.807, 2.05) is 0 Å². The Morgan fingerprint density at radius 2 is 0.701 bits per heavy atom. The van der Waals surface area contributed by atoms with E-state index in [2.05, 4.69) is 35.9 Å². The number of nitrogens with one attached hydrogen (secondary N) is 3. The van der Waals surface area contributed by atoms with Gasteiger partial charge in [0.15, 0.2) is 47.0 Å². The number of nitrogens with zero attached hydrogens (tertiary/aromatic N) is 4. The molecule has 0 aliphatic carbocycles. The Balaban J connectivity index is 1.59. The maximum absolute atomic E-state index is 15.3. The molecule has 4 amide bonds. The second kappa shape index (κ2) is 34.7. The van der Waals surface area contributed by atoms with E-state index in [-0.39, 0.29) is 160 Å². The fourth-order valence-electron chi connectivity index (χ4n) is 8.96. The van der Waals surface area contributed by atoms with Crippen LogP contribution in [-0.2, 0) is 44.9 Å². The molecule has 4 rings (SSSR count). The van der Waals surface area contributed by atoms with Crippen molar-refractivity contribution in [1.82, 2.24) is 16.0 Å². The number of guanidine groups is 4. The van der Waals surface area contributed by atoms with Crippen LogP contribution in [0.2, 0.25) is 0 Å². The van der Waals surface area contributed by atoms with E-state index >= 15 is 4.39 Å². The molecular weight excluding hydrogens is 1130 g/mol. The Morgan fingerprint density at radius 1 is 0.414 bits per heavy atom. The van der Waals surface area contributed by atoms with Gasteiger partial charge >= 0.3 is 0 Å². The van der Waals surface area contributed by atoms with Gasteiger partial charge in [-0.1, -0.05) is 24.3 Å². The van der Waals surface area contributed by atoms with Crippen molar-refractivity contribution in [3.8, 4) is 11.5 Å². The zero-order valence-corrected chi connectivity index (χ0v) is 48.5. The molecule has 4 aromatic carbocycles. The summed E-state index contributed by atoms with van der Waals surface area (Å²) in [4.78, 5) is 125. The van der Waals surface area contributed by atoms with Gasteiger partial charge in [0.05, 0.1) is 60.6 Å². The molecule has 0 aliphatic rings. The molecule has 0 bridgehead atoms. The van der Waals surface area contributed by atoms with Crippen molar-refractivity contribution in [3.05, 3.63) is 129 Å². The quantitative estimate of drug-likeness (QED) is 0.0153. The van der Waals surface area contributed by atoms with Crippen molar-refractivity contribution in [2.75, 3.05) is 40.4 Å². The van der Waals surface area contributed by atoms with E-state index in [1.165, 1.54) is 68.8 Å². The molecule has 0 unspecified atom stereocenters. The van der Waals surface area contributed by atoms with Crippen LogP contribution in [0, 0.1) is 11.6 Å². The monoisotopic (exact) mass is 1210 g/mol. The highest BCUT2D eigenvalue weighted by molar-refractivity contribution is 6.03. The number of nitrogens with two attached hydrogens (primary N) is 10. The van der Waals surface area contributed by atoms with Crippen LogP contribution in [-0.4, -0.2) is 135 Å². The molecule has 0 aliphatic heterocycles. The average molecular weight is 1210 g/mol. The molecule has 468 valence electrons. The SMILES string of the molecule is COc1ccc(CC(=O)[C@@H](CCCN=C(N)N)NC(=O)c2cc(CC(=O)[C@H](N)CCCN=C(N)N)ccc2F)cc1C(=O)N[C@H](CCCN=C(N)N)C(=O)Cc1ccc(OC)c(C(=O)N[C@H](CCCN=C(N)N)C(=O)Cc2ccc(F)c(C(N)=O)c2)c1. The summed E-state index contributed by atoms with van der Waals surface area (Å²) in [5.74, 6) is -7.90. The number of methoxy groups -OCH3 is 2. The van der Waals surface area contributed by atoms with Crippen molar-refractivity contribution in [2.24, 2.45) is 77.3 Å². The lowest BCUT2D eigenvalue weighted by Crippen LogP contribution is -2.42. The summed E-state index contributed by atoms with van der Waals surface area (Å²) in [7, 11) is 2.62. The second-order valence-electron chi connectivity index (χ2n) is 20.1. The number of carbonyl (C=O) groups is 8. The number of halogens is 2. The Morgan fingerprint density at radius 3 is 1.03 bits per heavy atom. The molecule has 0 saturated carbocycles. The first-order valence-corrected chi connectivity index (χ1v) is 27.5. The number of primary amides is 1. The van der Waals surface area contributed by atoms with Crippen LogP contribution in [0.3, 0.4) is 0 Å². The Hall–Kier alpha value is -10.1. The lowest BCUT2D eigenvalue weighted by atomic mass is 9.96. The van der Waals surface area contributed by atoms with Crippen LogP contribution in [0.1, 0.15) is 115 Å². The zero-order valence-electron chi connectivity index (χ0n) is 48.5. The smallest absolute Gasteiger partial charge is 0.255 e. The first kappa shape index (κ1) is 69.4. The molecule has 4 atom stereocenters. The van der Waals surface area contributed by atoms with Gasteiger partial charge in [0.25, 0.3) is 23.6 Å². The van der Waals surface area contributed by atoms with Gasteiger partial charge in [-0.05, 0) is 122 Å². The van der Waals surface area contributed by atoms with Crippen LogP contribution < -0.4 is 82.8 Å². The van der Waals surface area contributed by atoms with Crippen LogP contribution in [0.5, 0.6) is 11.5 Å². The third kappa shape index (κ3) is 23.1. The van der Waals surface area contributed by atoms with Gasteiger partial charge in [0.1, 0.15) is 23.1 Å². The average Bonchev–Trinajstić information content (AvgIpc) is 2.81. The number of carbonyl (C=O) groups excluding carboxylic acids is 8. The van der Waals surface area contributed by atoms with Gasteiger partial charge < -0.3 is 82.8 Å². The number of ether oxygens (including phenoxy) is 2. The predicted molar refractivity (Wildman–Crippen MR) is 324 cm³/mol. The number of ketones is 4. The first-order valence-electron chi connectivity index (χ1n) is 27.5. The van der Waals surface area contributed by atoms with Crippen molar-refractivity contribution in [1.29, 1.82) is 0 Å². The van der Waals surface area contributed by atoms with Gasteiger partial charge in [-0.15, -0.1) is 0 Å². The molecule has 0 saturated heterocycles. The number of amides is 4. The van der Waals surface area contributed by atoms with E-state index in [1.54, 1.807) is 0 Å². The number of rotatable bonds is 37. The molecule has 0 aromatic heterocycles. The third-order valence-electron chi connectivity index (χ3n) is 13.4. The first-order chi connectivity index (χ1) is 41.3. The fraction of sp³-hybridized carbons (Fsp3) is 0.379. The number of hydrogen-bond donors (Lipinski definition) is 13. The van der Waals surface area contributed by atoms with Crippen molar-refractivity contribution >= 4 is 70.6 Å². The summed E-state index contributed by atoms with van der Waals surface area (Å²) in [5, 5.41) is 8.10. The fourth-order valence-corrected chi connectivity index (χ4v) is 8.96. The van der Waals surface area contributed by atoms with Gasteiger partial charge in [-0.3, -0.25) is 58.3 Å². The van der Waals surface area contributed by atoms with E-state index in [0.717, 1.165) is 18.2 Å². The molecule has 87 heavy (non-hydrogen) atoms. The minimum absolute atomic E-state index is 0.00828. The topological polar surface area (TPSA) is 501 Å². The maximum atomic E-state index is 15.3. The summed E-state index contributed by atoms with van der Waals surface area (Å²) >= 11 is 0. The zero-order chi connectivity index (χ0) is 64.3. The molecule has 0 spiro atoms. The van der Waals surface area contributed by atoms with Crippen LogP contribution in [0.4, 0.5) is 8.78 Å². The summed E-state index contributed by atoms with van der Waals surface area (Å²) < 4.78 is 40.7. The molecule has 0 radical (unpaired) electrons. The van der Waals surface area contributed by atoms with E-state index in [9.17, 15) is 42.7 Å². The second-order valence-corrected chi connectivity index (χ2v) is 20.1. The molecule has 23 N–H and O–H groups in total. The summed E-state index contributed by atoms with van der Waals surface area (Å²) in [6, 6.07) is 11.2. The highest BCUT2D eigenvalue weighted by Crippen LogP contribution is 2.25. The number of hydrogen-bond acceptors (Lipinski definition) is 15. The molecule has 29 heteroatoms. The maximum Gasteiger partial charge on any atom is 0.255 e. The molecule has 0 heterocycles. The van der Waals surface area contributed by atoms with Gasteiger partial charge in [-0.25, -0.2) is 8.78 Å². The summed E-state index contributed by atoms with van der Waals surface area (Å²) in [6.45, 7) is 0.520. The van der Waals surface area contributed by atoms with Crippen LogP contribution in [0.15, 0.2) is 92.8 Å². The van der Waals surface area contributed by atoms with E-state index in [0.29, 0.717) is 17.5 Å². The molecule has 0 fully saturated rings. The molecular formula is C58H77F2N17O10. The van der Waals surface area contributed by atoms with Crippen molar-refractivity contribution in [3.63, 3.8) is 0 Å². The predicted octanol–water partition coefficient (Wildman–Crippen LogP) is -0.535. The van der Waals surface area contributed by atoms with Gasteiger partial charge in [0, 0.05) is 51.9 Å². The standard InChI is InChI=1S/C58H77F2N17O10/c1-86-49-17-13-33(29-47(80)42(8-4-20-72-56(65)66)75-52(83)36-24-32(12-16-40(36)60)27-45(78)41(61)7-3-19-71-55(63)64)25-37(49)54(85)77-44(10-6-22-74-58(69)70)48(81)30-34-14-18-50(87-2)38(26-34)53(84)76-43(9-5-21-73-57(67)68)46(79)28-31-11-15-39(59)35(23-31)51(62)82/h11-18,23-26,41-44H,3-10,19-22,27-30,61H2,1-2H3,(H2,62,82)(H,75,83)(H,76,84)(H,77,85)(H4,63,64,71)(H4,65,66,72)(H4,67,68,73)(H4,69,70,74)/t41-,42-,43-,44-/m1/s1. The summed E-state index contributed by atoms with van der Waals surface area (Å²) in [5.41, 5.74) is 55.3. The highest BCUT2D eigenvalue weighted by atomic mass is 19.1. The normalized spacial score (nSPS) is 12.1. The molecule has 27 nitrogen and oxygen atoms in total. The van der Waals surface area contributed by atoms with Gasteiger partial charge in [-0.2, -0.15) is 0 Å². The minimum Gasteiger partial charge on any atom is -0.496 e. The van der Waals surface area contributed by atoms with E-state index in [4.69, 9.17) is 66.8 Å².